The van der Waals surface area contributed by atoms with Crippen LogP contribution in [0.5, 0.6) is 0 Å². The number of aliphatic hydroxyl groups is 1. The first-order valence-corrected chi connectivity index (χ1v) is 10.9. The predicted molar refractivity (Wildman–Crippen MR) is 124 cm³/mol. The molecule has 3 aromatic carbocycles. The van der Waals surface area contributed by atoms with Crippen LogP contribution in [0.1, 0.15) is 28.3 Å². The van der Waals surface area contributed by atoms with Crippen molar-refractivity contribution in [2.45, 2.75) is 19.4 Å². The molecular weight excluding hydrogens is 454 g/mol. The Kier molecular flexibility index (Phi) is 6.05. The fraction of sp³-hybridized carbons (Fsp3) is 0.154. The van der Waals surface area contributed by atoms with Crippen LogP contribution in [0, 0.1) is 6.92 Å². The van der Waals surface area contributed by atoms with Crippen LogP contribution >= 0.6 is 15.9 Å². The summed E-state index contributed by atoms with van der Waals surface area (Å²) in [6.07, 6.45) is 0.617. The Bertz CT molecular complexity index is 1140. The molecule has 1 amide bonds. The van der Waals surface area contributed by atoms with Gasteiger partial charge in [0.05, 0.1) is 11.6 Å². The molecule has 1 aliphatic heterocycles. The predicted octanol–water partition coefficient (Wildman–Crippen LogP) is 5.42. The lowest BCUT2D eigenvalue weighted by molar-refractivity contribution is -0.139. The zero-order valence-corrected chi connectivity index (χ0v) is 18.7. The maximum Gasteiger partial charge on any atom is 0.295 e. The topological polar surface area (TPSA) is 57.6 Å². The third-order valence-corrected chi connectivity index (χ3v) is 6.06. The largest absolute Gasteiger partial charge is 0.507 e. The van der Waals surface area contributed by atoms with E-state index in [0.717, 1.165) is 21.2 Å². The highest BCUT2D eigenvalue weighted by molar-refractivity contribution is 9.10. The lowest BCUT2D eigenvalue weighted by Crippen LogP contribution is -2.31. The first-order valence-electron chi connectivity index (χ1n) is 10.1. The second-order valence-corrected chi connectivity index (χ2v) is 8.56. The number of hydrogen-bond acceptors (Lipinski definition) is 3. The fourth-order valence-corrected chi connectivity index (χ4v) is 4.13. The molecule has 156 valence electrons. The molecular formula is C26H22BrNO3. The monoisotopic (exact) mass is 475 g/mol. The Balaban J connectivity index is 1.78. The van der Waals surface area contributed by atoms with Crippen LogP contribution in [0.2, 0.25) is 0 Å². The maximum absolute atomic E-state index is 13.0. The van der Waals surface area contributed by atoms with E-state index < -0.39 is 17.7 Å². The minimum Gasteiger partial charge on any atom is -0.507 e. The number of hydrogen-bond donors (Lipinski definition) is 1. The number of ketones is 1. The summed E-state index contributed by atoms with van der Waals surface area (Å²) in [4.78, 5) is 27.6. The van der Waals surface area contributed by atoms with Gasteiger partial charge < -0.3 is 10.0 Å². The highest BCUT2D eigenvalue weighted by atomic mass is 79.9. The van der Waals surface area contributed by atoms with Crippen molar-refractivity contribution in [1.29, 1.82) is 0 Å². The highest BCUT2D eigenvalue weighted by Crippen LogP contribution is 2.39. The Morgan fingerprint density at radius 2 is 1.58 bits per heavy atom. The van der Waals surface area contributed by atoms with E-state index in [0.29, 0.717) is 18.5 Å². The summed E-state index contributed by atoms with van der Waals surface area (Å²) in [7, 11) is 0. The number of aliphatic hydroxyl groups excluding tert-OH is 1. The number of benzene rings is 3. The Hall–Kier alpha value is -3.18. The highest BCUT2D eigenvalue weighted by Gasteiger charge is 2.45. The Morgan fingerprint density at radius 1 is 0.935 bits per heavy atom. The van der Waals surface area contributed by atoms with Crippen LogP contribution in [0.15, 0.2) is 88.9 Å². The summed E-state index contributed by atoms with van der Waals surface area (Å²) in [5.74, 6) is -1.38. The fourth-order valence-electron chi connectivity index (χ4n) is 3.86. The van der Waals surface area contributed by atoms with Crippen LogP contribution in [-0.4, -0.2) is 28.2 Å². The number of carbonyl (C=O) groups is 2. The van der Waals surface area contributed by atoms with Gasteiger partial charge in [0, 0.05) is 16.6 Å². The lowest BCUT2D eigenvalue weighted by Gasteiger charge is -2.25. The number of nitrogens with zero attached hydrogens (tertiary/aromatic N) is 1. The van der Waals surface area contributed by atoms with E-state index in [2.05, 4.69) is 15.9 Å². The zero-order chi connectivity index (χ0) is 22.0. The molecule has 0 saturated carbocycles. The summed E-state index contributed by atoms with van der Waals surface area (Å²) < 4.78 is 0.899. The summed E-state index contributed by atoms with van der Waals surface area (Å²) in [6.45, 7) is 2.33. The lowest BCUT2D eigenvalue weighted by atomic mass is 9.95. The molecule has 0 bridgehead atoms. The maximum atomic E-state index is 13.0. The molecule has 0 spiro atoms. The molecule has 1 aliphatic rings. The molecule has 5 heteroatoms. The van der Waals surface area contributed by atoms with Gasteiger partial charge in [-0.1, -0.05) is 88.2 Å². The summed E-state index contributed by atoms with van der Waals surface area (Å²) in [5.41, 5.74) is 3.56. The van der Waals surface area contributed by atoms with Crippen molar-refractivity contribution < 1.29 is 14.7 Å². The van der Waals surface area contributed by atoms with E-state index in [4.69, 9.17) is 0 Å². The molecule has 0 radical (unpaired) electrons. The van der Waals surface area contributed by atoms with E-state index in [1.165, 1.54) is 0 Å². The van der Waals surface area contributed by atoms with Crippen molar-refractivity contribution in [2.24, 2.45) is 0 Å². The molecule has 4 nitrogen and oxygen atoms in total. The molecule has 0 aromatic heterocycles. The zero-order valence-electron chi connectivity index (χ0n) is 17.1. The third-order valence-electron chi connectivity index (χ3n) is 5.53. The third kappa shape index (κ3) is 4.32. The molecule has 31 heavy (non-hydrogen) atoms. The van der Waals surface area contributed by atoms with Crippen LogP contribution < -0.4 is 0 Å². The molecule has 4 rings (SSSR count). The van der Waals surface area contributed by atoms with Crippen molar-refractivity contribution in [3.05, 3.63) is 111 Å². The standard InChI is InChI=1S/C26H22BrNO3/c1-17-7-9-20(10-8-17)24(29)22-23(19-11-13-21(27)14-12-19)28(26(31)25(22)30)16-15-18-5-3-2-4-6-18/h2-14,23,29H,15-16H2,1H3. The number of halogens is 1. The van der Waals surface area contributed by atoms with Gasteiger partial charge in [-0.2, -0.15) is 0 Å². The molecule has 1 atom stereocenters. The molecule has 1 saturated heterocycles. The minimum absolute atomic E-state index is 0.129. The van der Waals surface area contributed by atoms with Crippen molar-refractivity contribution in [1.82, 2.24) is 4.90 Å². The van der Waals surface area contributed by atoms with Crippen molar-refractivity contribution in [3.63, 3.8) is 0 Å². The van der Waals surface area contributed by atoms with Gasteiger partial charge in [0.15, 0.2) is 0 Å². The van der Waals surface area contributed by atoms with Gasteiger partial charge in [-0.05, 0) is 36.6 Å². The van der Waals surface area contributed by atoms with Crippen LogP contribution in [0.25, 0.3) is 5.76 Å². The van der Waals surface area contributed by atoms with Crippen molar-refractivity contribution in [2.75, 3.05) is 6.54 Å². The average molecular weight is 476 g/mol. The van der Waals surface area contributed by atoms with Gasteiger partial charge in [-0.3, -0.25) is 9.59 Å². The summed E-state index contributed by atoms with van der Waals surface area (Å²) in [5, 5.41) is 11.1. The number of carbonyl (C=O) groups excluding carboxylic acids is 2. The quantitative estimate of drug-likeness (QED) is 0.304. The molecule has 3 aromatic rings. The van der Waals surface area contributed by atoms with E-state index in [9.17, 15) is 14.7 Å². The number of amides is 1. The molecule has 1 fully saturated rings. The van der Waals surface area contributed by atoms with Crippen molar-refractivity contribution in [3.8, 4) is 0 Å². The van der Waals surface area contributed by atoms with Gasteiger partial charge in [-0.25, -0.2) is 0 Å². The van der Waals surface area contributed by atoms with Crippen LogP contribution in [0.4, 0.5) is 0 Å². The van der Waals surface area contributed by atoms with Crippen molar-refractivity contribution >= 4 is 33.4 Å². The first kappa shape index (κ1) is 21.1. The van der Waals surface area contributed by atoms with Gasteiger partial charge in [0.2, 0.25) is 0 Å². The van der Waals surface area contributed by atoms with E-state index in [1.807, 2.05) is 73.7 Å². The average Bonchev–Trinajstić information content (AvgIpc) is 3.04. The SMILES string of the molecule is Cc1ccc(C(O)=C2C(=O)C(=O)N(CCc3ccccc3)C2c2ccc(Br)cc2)cc1. The number of likely N-dealkylation sites (tertiary alicyclic amines) is 1. The van der Waals surface area contributed by atoms with Gasteiger partial charge >= 0.3 is 0 Å². The molecule has 1 N–H and O–H groups in total. The Labute approximate surface area is 190 Å². The summed E-state index contributed by atoms with van der Waals surface area (Å²) >= 11 is 3.43. The number of rotatable bonds is 5. The smallest absolute Gasteiger partial charge is 0.295 e. The van der Waals surface area contributed by atoms with Gasteiger partial charge in [-0.15, -0.1) is 0 Å². The second-order valence-electron chi connectivity index (χ2n) is 7.65. The van der Waals surface area contributed by atoms with E-state index in [1.54, 1.807) is 17.0 Å². The number of Topliss-reactive ketones (excluding diaryl/α,β-unsaturated/α-hetero) is 1. The minimum atomic E-state index is -0.654. The summed E-state index contributed by atoms with van der Waals surface area (Å²) in [6, 6.07) is 24.0. The molecule has 1 unspecified atom stereocenters. The van der Waals surface area contributed by atoms with Crippen LogP contribution in [-0.2, 0) is 16.0 Å². The van der Waals surface area contributed by atoms with Crippen LogP contribution in [0.3, 0.4) is 0 Å². The van der Waals surface area contributed by atoms with Gasteiger partial charge in [0.25, 0.3) is 11.7 Å². The first-order chi connectivity index (χ1) is 15.0. The number of aryl methyl sites for hydroxylation is 1. The molecule has 1 heterocycles. The van der Waals surface area contributed by atoms with Gasteiger partial charge in [0.1, 0.15) is 5.76 Å². The van der Waals surface area contributed by atoms with E-state index in [-0.39, 0.29) is 11.3 Å². The van der Waals surface area contributed by atoms with E-state index >= 15 is 0 Å². The second kappa shape index (κ2) is 8.90. The Morgan fingerprint density at radius 3 is 2.23 bits per heavy atom. The normalized spacial score (nSPS) is 17.9. The molecule has 0 aliphatic carbocycles.